The van der Waals surface area contributed by atoms with E-state index in [1.165, 1.54) is 6.20 Å². The van der Waals surface area contributed by atoms with Crippen LogP contribution in [0, 0.1) is 6.92 Å². The molecule has 0 bridgehead atoms. The summed E-state index contributed by atoms with van der Waals surface area (Å²) in [4.78, 5) is 23.3. The van der Waals surface area contributed by atoms with Crippen molar-refractivity contribution >= 4 is 16.9 Å². The van der Waals surface area contributed by atoms with E-state index in [0.29, 0.717) is 22.7 Å². The van der Waals surface area contributed by atoms with Gasteiger partial charge in [0.1, 0.15) is 12.1 Å². The van der Waals surface area contributed by atoms with Crippen LogP contribution in [0.15, 0.2) is 39.7 Å². The van der Waals surface area contributed by atoms with Crippen LogP contribution in [0.2, 0.25) is 0 Å². The Morgan fingerprint density at radius 3 is 2.76 bits per heavy atom. The summed E-state index contributed by atoms with van der Waals surface area (Å²) < 4.78 is 6.92. The number of aryl methyl sites for hydroxylation is 1. The van der Waals surface area contributed by atoms with Gasteiger partial charge in [0.2, 0.25) is 17.2 Å². The van der Waals surface area contributed by atoms with Gasteiger partial charge in [-0.15, -0.1) is 10.2 Å². The van der Waals surface area contributed by atoms with E-state index in [-0.39, 0.29) is 12.1 Å². The Bertz CT molecular complexity index is 895. The van der Waals surface area contributed by atoms with Gasteiger partial charge in [-0.2, -0.15) is 0 Å². The smallest absolute Gasteiger partial charge is 0.341 e. The molecule has 0 unspecified atom stereocenters. The number of hydrogen-bond donors (Lipinski definition) is 1. The van der Waals surface area contributed by atoms with Crippen molar-refractivity contribution < 1.29 is 14.3 Å². The predicted octanol–water partition coefficient (Wildman–Crippen LogP) is 1.44. The van der Waals surface area contributed by atoms with E-state index in [4.69, 9.17) is 9.52 Å². The highest BCUT2D eigenvalue weighted by atomic mass is 16.4. The molecule has 1 N–H and O–H groups in total. The molecule has 0 amide bonds. The summed E-state index contributed by atoms with van der Waals surface area (Å²) >= 11 is 0. The van der Waals surface area contributed by atoms with Crippen LogP contribution in [0.5, 0.6) is 0 Å². The van der Waals surface area contributed by atoms with E-state index in [1.807, 2.05) is 0 Å². The van der Waals surface area contributed by atoms with E-state index in [9.17, 15) is 9.59 Å². The van der Waals surface area contributed by atoms with E-state index in [2.05, 4.69) is 10.2 Å². The normalized spacial score (nSPS) is 10.9. The molecule has 0 radical (unpaired) electrons. The SMILES string of the molecule is Cc1nnc(Cn2cc(C(=O)O)c(=O)c3ccccc32)o1. The molecule has 0 aliphatic heterocycles. The van der Waals surface area contributed by atoms with Crippen molar-refractivity contribution in [3.63, 3.8) is 0 Å². The molecule has 3 rings (SSSR count). The minimum absolute atomic E-state index is 0.196. The molecule has 3 aromatic rings. The number of aromatic carboxylic acids is 1. The van der Waals surface area contributed by atoms with Gasteiger partial charge in [0.25, 0.3) is 0 Å². The lowest BCUT2D eigenvalue weighted by Gasteiger charge is -2.10. The summed E-state index contributed by atoms with van der Waals surface area (Å²) in [6.07, 6.45) is 1.30. The summed E-state index contributed by atoms with van der Waals surface area (Å²) in [5.41, 5.74) is -0.177. The van der Waals surface area contributed by atoms with Gasteiger partial charge in [0.15, 0.2) is 0 Å². The molecule has 7 heteroatoms. The summed E-state index contributed by atoms with van der Waals surface area (Å²) in [5, 5.41) is 17.1. The first kappa shape index (κ1) is 13.0. The fourth-order valence-corrected chi connectivity index (χ4v) is 2.18. The second-order valence-electron chi connectivity index (χ2n) is 4.54. The van der Waals surface area contributed by atoms with Crippen LogP contribution in [0.4, 0.5) is 0 Å². The number of fused-ring (bicyclic) bond motifs is 1. The zero-order chi connectivity index (χ0) is 15.0. The first-order valence-electron chi connectivity index (χ1n) is 6.20. The summed E-state index contributed by atoms with van der Waals surface area (Å²) in [5.74, 6) is -0.493. The highest BCUT2D eigenvalue weighted by Gasteiger charge is 2.15. The molecule has 7 nitrogen and oxygen atoms in total. The third-order valence-electron chi connectivity index (χ3n) is 3.09. The van der Waals surface area contributed by atoms with Crippen molar-refractivity contribution in [2.45, 2.75) is 13.5 Å². The number of nitrogens with zero attached hydrogens (tertiary/aromatic N) is 3. The number of hydrogen-bond acceptors (Lipinski definition) is 5. The third kappa shape index (κ3) is 2.29. The van der Waals surface area contributed by atoms with Gasteiger partial charge < -0.3 is 14.1 Å². The zero-order valence-electron chi connectivity index (χ0n) is 11.1. The van der Waals surface area contributed by atoms with Gasteiger partial charge in [-0.3, -0.25) is 4.79 Å². The van der Waals surface area contributed by atoms with Crippen molar-refractivity contribution in [2.24, 2.45) is 0 Å². The van der Waals surface area contributed by atoms with Crippen molar-refractivity contribution in [2.75, 3.05) is 0 Å². The molecule has 1 aromatic carbocycles. The largest absolute Gasteiger partial charge is 0.477 e. The number of aromatic nitrogens is 3. The summed E-state index contributed by atoms with van der Waals surface area (Å²) in [6.45, 7) is 1.87. The second-order valence-corrected chi connectivity index (χ2v) is 4.54. The number of benzene rings is 1. The van der Waals surface area contributed by atoms with Crippen LogP contribution in [0.25, 0.3) is 10.9 Å². The minimum Gasteiger partial charge on any atom is -0.477 e. The van der Waals surface area contributed by atoms with Gasteiger partial charge in [-0.05, 0) is 12.1 Å². The Kier molecular flexibility index (Phi) is 3.02. The molecule has 2 aromatic heterocycles. The van der Waals surface area contributed by atoms with Crippen LogP contribution in [-0.2, 0) is 6.54 Å². The third-order valence-corrected chi connectivity index (χ3v) is 3.09. The molecular weight excluding hydrogens is 274 g/mol. The number of pyridine rings is 1. The molecular formula is C14H11N3O4. The first-order chi connectivity index (χ1) is 10.1. The molecule has 0 atom stereocenters. The number of carboxylic acid groups (broad SMARTS) is 1. The van der Waals surface area contributed by atoms with E-state index in [1.54, 1.807) is 35.8 Å². The van der Waals surface area contributed by atoms with Crippen LogP contribution in [-0.4, -0.2) is 25.8 Å². The van der Waals surface area contributed by atoms with Crippen molar-refractivity contribution in [1.82, 2.24) is 14.8 Å². The molecule has 0 saturated carbocycles. The maximum absolute atomic E-state index is 12.1. The highest BCUT2D eigenvalue weighted by molar-refractivity contribution is 5.92. The lowest BCUT2D eigenvalue weighted by Crippen LogP contribution is -2.19. The fraction of sp³-hybridized carbons (Fsp3) is 0.143. The van der Waals surface area contributed by atoms with Crippen molar-refractivity contribution in [3.8, 4) is 0 Å². The molecule has 21 heavy (non-hydrogen) atoms. The van der Waals surface area contributed by atoms with E-state index < -0.39 is 11.4 Å². The lowest BCUT2D eigenvalue weighted by atomic mass is 10.1. The number of carboxylic acids is 1. The summed E-state index contributed by atoms with van der Waals surface area (Å²) in [7, 11) is 0. The lowest BCUT2D eigenvalue weighted by molar-refractivity contribution is 0.0695. The molecule has 2 heterocycles. The summed E-state index contributed by atoms with van der Waals surface area (Å²) in [6, 6.07) is 6.81. The van der Waals surface area contributed by atoms with Crippen LogP contribution in [0.1, 0.15) is 22.1 Å². The molecule has 0 aliphatic carbocycles. The number of rotatable bonds is 3. The molecule has 0 fully saturated rings. The molecule has 0 aliphatic rings. The molecule has 106 valence electrons. The second kappa shape index (κ2) is 4.86. The Labute approximate surface area is 118 Å². The quantitative estimate of drug-likeness (QED) is 0.781. The Balaban J connectivity index is 2.23. The topological polar surface area (TPSA) is 98.2 Å². The van der Waals surface area contributed by atoms with E-state index in [0.717, 1.165) is 0 Å². The van der Waals surface area contributed by atoms with Gasteiger partial charge >= 0.3 is 5.97 Å². The zero-order valence-corrected chi connectivity index (χ0v) is 11.1. The van der Waals surface area contributed by atoms with Gasteiger partial charge in [0.05, 0.1) is 5.52 Å². The Morgan fingerprint density at radius 1 is 1.33 bits per heavy atom. The predicted molar refractivity (Wildman–Crippen MR) is 73.3 cm³/mol. The highest BCUT2D eigenvalue weighted by Crippen LogP contribution is 2.13. The average Bonchev–Trinajstić information content (AvgIpc) is 2.87. The van der Waals surface area contributed by atoms with Crippen LogP contribution < -0.4 is 5.43 Å². The first-order valence-corrected chi connectivity index (χ1v) is 6.20. The Morgan fingerprint density at radius 2 is 2.10 bits per heavy atom. The standard InChI is InChI=1S/C14H11N3O4/c1-8-15-16-12(21-8)7-17-6-10(14(19)20)13(18)9-4-2-3-5-11(9)17/h2-6H,7H2,1H3,(H,19,20). The molecule has 0 saturated heterocycles. The van der Waals surface area contributed by atoms with Gasteiger partial charge in [-0.25, -0.2) is 4.79 Å². The van der Waals surface area contributed by atoms with Crippen LogP contribution in [0.3, 0.4) is 0 Å². The average molecular weight is 285 g/mol. The van der Waals surface area contributed by atoms with E-state index >= 15 is 0 Å². The monoisotopic (exact) mass is 285 g/mol. The number of carbonyl (C=O) groups is 1. The van der Waals surface area contributed by atoms with Crippen LogP contribution >= 0.6 is 0 Å². The van der Waals surface area contributed by atoms with Crippen molar-refractivity contribution in [3.05, 3.63) is 58.0 Å². The maximum atomic E-state index is 12.1. The van der Waals surface area contributed by atoms with Gasteiger partial charge in [-0.1, -0.05) is 12.1 Å². The molecule has 0 spiro atoms. The maximum Gasteiger partial charge on any atom is 0.341 e. The fourth-order valence-electron chi connectivity index (χ4n) is 2.18. The minimum atomic E-state index is -1.26. The van der Waals surface area contributed by atoms with Crippen molar-refractivity contribution in [1.29, 1.82) is 0 Å². The van der Waals surface area contributed by atoms with Gasteiger partial charge in [0, 0.05) is 18.5 Å². The Hall–Kier alpha value is -2.96. The number of para-hydroxylation sites is 1.